The number of nitro groups is 1. The molecule has 2 rings (SSSR count). The summed E-state index contributed by atoms with van der Waals surface area (Å²) >= 11 is 0. The SMILES string of the molecule is COc1cc(C(=O)NCc2ccccn2)c([N+](=O)[O-])c(OC)c1OC. The number of rotatable bonds is 7. The van der Waals surface area contributed by atoms with E-state index < -0.39 is 16.5 Å². The van der Waals surface area contributed by atoms with Gasteiger partial charge in [0.15, 0.2) is 5.75 Å². The zero-order valence-electron chi connectivity index (χ0n) is 13.9. The molecule has 0 saturated carbocycles. The van der Waals surface area contributed by atoms with Crippen LogP contribution in [0.2, 0.25) is 0 Å². The second-order valence-electron chi connectivity index (χ2n) is 4.80. The van der Waals surface area contributed by atoms with Crippen LogP contribution in [0.5, 0.6) is 17.2 Å². The van der Waals surface area contributed by atoms with Gasteiger partial charge in [0.2, 0.25) is 11.5 Å². The van der Waals surface area contributed by atoms with Gasteiger partial charge in [-0.15, -0.1) is 0 Å². The Hall–Kier alpha value is -3.36. The van der Waals surface area contributed by atoms with Gasteiger partial charge in [0.1, 0.15) is 5.56 Å². The average molecular weight is 347 g/mol. The van der Waals surface area contributed by atoms with Gasteiger partial charge in [-0.3, -0.25) is 19.9 Å². The van der Waals surface area contributed by atoms with Gasteiger partial charge in [0, 0.05) is 12.3 Å². The first kappa shape index (κ1) is 18.0. The monoisotopic (exact) mass is 347 g/mol. The van der Waals surface area contributed by atoms with Crippen molar-refractivity contribution >= 4 is 11.6 Å². The van der Waals surface area contributed by atoms with Crippen LogP contribution in [-0.2, 0) is 6.54 Å². The Bertz CT molecular complexity index is 779. The number of nitro benzene ring substituents is 1. The van der Waals surface area contributed by atoms with Gasteiger partial charge < -0.3 is 19.5 Å². The van der Waals surface area contributed by atoms with Crippen molar-refractivity contribution in [3.05, 3.63) is 51.8 Å². The van der Waals surface area contributed by atoms with E-state index in [0.29, 0.717) is 5.69 Å². The number of carbonyl (C=O) groups is 1. The molecule has 1 N–H and O–H groups in total. The predicted octanol–water partition coefficient (Wildman–Crippen LogP) is 1.95. The molecule has 0 aliphatic heterocycles. The van der Waals surface area contributed by atoms with Crippen LogP contribution in [0.4, 0.5) is 5.69 Å². The Morgan fingerprint density at radius 2 is 1.92 bits per heavy atom. The minimum absolute atomic E-state index is 0.0398. The van der Waals surface area contributed by atoms with Crippen LogP contribution in [0.1, 0.15) is 16.1 Å². The fourth-order valence-electron chi connectivity index (χ4n) is 2.26. The maximum atomic E-state index is 12.5. The van der Waals surface area contributed by atoms with Crippen molar-refractivity contribution in [3.63, 3.8) is 0 Å². The van der Waals surface area contributed by atoms with Crippen molar-refractivity contribution in [2.75, 3.05) is 21.3 Å². The van der Waals surface area contributed by atoms with Crippen molar-refractivity contribution < 1.29 is 23.9 Å². The predicted molar refractivity (Wildman–Crippen MR) is 88.2 cm³/mol. The third-order valence-electron chi connectivity index (χ3n) is 3.39. The van der Waals surface area contributed by atoms with E-state index in [2.05, 4.69) is 10.3 Å². The quantitative estimate of drug-likeness (QED) is 0.601. The molecular weight excluding hydrogens is 330 g/mol. The lowest BCUT2D eigenvalue weighted by atomic mass is 10.1. The Balaban J connectivity index is 2.44. The van der Waals surface area contributed by atoms with Gasteiger partial charge in [0.25, 0.3) is 5.91 Å². The van der Waals surface area contributed by atoms with E-state index in [1.807, 2.05) is 0 Å². The van der Waals surface area contributed by atoms with Gasteiger partial charge in [0.05, 0.1) is 38.5 Å². The van der Waals surface area contributed by atoms with Gasteiger partial charge in [-0.1, -0.05) is 6.07 Å². The van der Waals surface area contributed by atoms with Crippen LogP contribution in [0, 0.1) is 10.1 Å². The molecule has 2 aromatic rings. The van der Waals surface area contributed by atoms with E-state index >= 15 is 0 Å². The normalized spacial score (nSPS) is 10.0. The number of hydrogen-bond donors (Lipinski definition) is 1. The van der Waals surface area contributed by atoms with E-state index in [-0.39, 0.29) is 29.4 Å². The first-order chi connectivity index (χ1) is 12.0. The summed E-state index contributed by atoms with van der Waals surface area (Å²) in [7, 11) is 3.93. The zero-order valence-corrected chi connectivity index (χ0v) is 13.9. The molecule has 9 heteroatoms. The molecule has 0 spiro atoms. The number of nitrogens with zero attached hydrogens (tertiary/aromatic N) is 2. The molecule has 0 saturated heterocycles. The topological polar surface area (TPSA) is 113 Å². The van der Waals surface area contributed by atoms with Crippen molar-refractivity contribution in [1.82, 2.24) is 10.3 Å². The first-order valence-electron chi connectivity index (χ1n) is 7.18. The van der Waals surface area contributed by atoms with Crippen LogP contribution < -0.4 is 19.5 Å². The van der Waals surface area contributed by atoms with Crippen molar-refractivity contribution in [2.45, 2.75) is 6.54 Å². The highest BCUT2D eigenvalue weighted by Crippen LogP contribution is 2.46. The Morgan fingerprint density at radius 3 is 2.44 bits per heavy atom. The Morgan fingerprint density at radius 1 is 1.20 bits per heavy atom. The lowest BCUT2D eigenvalue weighted by molar-refractivity contribution is -0.386. The maximum absolute atomic E-state index is 12.5. The molecule has 0 unspecified atom stereocenters. The number of ether oxygens (including phenoxy) is 3. The number of carbonyl (C=O) groups excluding carboxylic acids is 1. The Labute approximate surface area is 143 Å². The van der Waals surface area contributed by atoms with Gasteiger partial charge in [-0.2, -0.15) is 0 Å². The maximum Gasteiger partial charge on any atom is 0.327 e. The highest BCUT2D eigenvalue weighted by atomic mass is 16.6. The standard InChI is InChI=1S/C16H17N3O6/c1-23-12-8-11(13(19(21)22)15(25-3)14(12)24-2)16(20)18-9-10-6-4-5-7-17-10/h4-8H,9H2,1-3H3,(H,18,20). The lowest BCUT2D eigenvalue weighted by Crippen LogP contribution is -2.24. The number of hydrogen-bond acceptors (Lipinski definition) is 7. The second kappa shape index (κ2) is 7.95. The summed E-state index contributed by atoms with van der Waals surface area (Å²) < 4.78 is 15.3. The van der Waals surface area contributed by atoms with E-state index in [4.69, 9.17) is 14.2 Å². The number of methoxy groups -OCH3 is 3. The highest BCUT2D eigenvalue weighted by molar-refractivity contribution is 6.00. The first-order valence-corrected chi connectivity index (χ1v) is 7.18. The third-order valence-corrected chi connectivity index (χ3v) is 3.39. The summed E-state index contributed by atoms with van der Waals surface area (Å²) in [6.07, 6.45) is 1.59. The molecule has 25 heavy (non-hydrogen) atoms. The fraction of sp³-hybridized carbons (Fsp3) is 0.250. The summed E-state index contributed by atoms with van der Waals surface area (Å²) in [6, 6.07) is 6.49. The van der Waals surface area contributed by atoms with Crippen LogP contribution in [0.3, 0.4) is 0 Å². The number of benzene rings is 1. The summed E-state index contributed by atoms with van der Waals surface area (Å²) in [4.78, 5) is 27.3. The summed E-state index contributed by atoms with van der Waals surface area (Å²) in [6.45, 7) is 0.119. The highest BCUT2D eigenvalue weighted by Gasteiger charge is 2.32. The number of pyridine rings is 1. The second-order valence-corrected chi connectivity index (χ2v) is 4.80. The van der Waals surface area contributed by atoms with Crippen LogP contribution >= 0.6 is 0 Å². The molecule has 1 amide bonds. The molecule has 1 heterocycles. The Kier molecular flexibility index (Phi) is 5.72. The molecule has 0 atom stereocenters. The van der Waals surface area contributed by atoms with E-state index in [1.165, 1.54) is 27.4 Å². The van der Waals surface area contributed by atoms with Gasteiger partial charge in [-0.05, 0) is 12.1 Å². The molecule has 1 aromatic carbocycles. The van der Waals surface area contributed by atoms with E-state index in [9.17, 15) is 14.9 Å². The minimum Gasteiger partial charge on any atom is -0.493 e. The smallest absolute Gasteiger partial charge is 0.327 e. The largest absolute Gasteiger partial charge is 0.493 e. The molecule has 0 aliphatic carbocycles. The fourth-order valence-corrected chi connectivity index (χ4v) is 2.26. The number of amides is 1. The van der Waals surface area contributed by atoms with Gasteiger partial charge in [-0.25, -0.2) is 0 Å². The van der Waals surface area contributed by atoms with Crippen molar-refractivity contribution in [3.8, 4) is 17.2 Å². The molecule has 0 fully saturated rings. The van der Waals surface area contributed by atoms with Crippen molar-refractivity contribution in [2.24, 2.45) is 0 Å². The molecule has 9 nitrogen and oxygen atoms in total. The summed E-state index contributed by atoms with van der Waals surface area (Å²) in [5.74, 6) is -0.655. The van der Waals surface area contributed by atoms with Crippen LogP contribution in [-0.4, -0.2) is 37.1 Å². The summed E-state index contributed by atoms with van der Waals surface area (Å²) in [5.41, 5.74) is -0.0833. The molecule has 1 aromatic heterocycles. The van der Waals surface area contributed by atoms with Crippen LogP contribution in [0.15, 0.2) is 30.5 Å². The van der Waals surface area contributed by atoms with Crippen molar-refractivity contribution in [1.29, 1.82) is 0 Å². The molecule has 0 radical (unpaired) electrons. The van der Waals surface area contributed by atoms with E-state index in [0.717, 1.165) is 0 Å². The molecule has 0 bridgehead atoms. The van der Waals surface area contributed by atoms with Gasteiger partial charge >= 0.3 is 5.69 Å². The molecular formula is C16H17N3O6. The van der Waals surface area contributed by atoms with E-state index in [1.54, 1.807) is 24.4 Å². The zero-order chi connectivity index (χ0) is 18.4. The summed E-state index contributed by atoms with van der Waals surface area (Å²) in [5, 5.41) is 14.1. The lowest BCUT2D eigenvalue weighted by Gasteiger charge is -2.14. The third kappa shape index (κ3) is 3.77. The average Bonchev–Trinajstić information content (AvgIpc) is 2.64. The molecule has 0 aliphatic rings. The number of nitrogens with one attached hydrogen (secondary N) is 1. The molecule has 132 valence electrons. The number of aromatic nitrogens is 1. The minimum atomic E-state index is -0.698. The van der Waals surface area contributed by atoms with Crippen LogP contribution in [0.25, 0.3) is 0 Å².